The quantitative estimate of drug-likeness (QED) is 0.493. The predicted octanol–water partition coefficient (Wildman–Crippen LogP) is 3.61. The van der Waals surface area contributed by atoms with Crippen LogP contribution < -0.4 is 0 Å². The molecule has 0 aliphatic carbocycles. The molecule has 0 bridgehead atoms. The number of halogens is 5. The second-order valence-electron chi connectivity index (χ2n) is 2.44. The van der Waals surface area contributed by atoms with Crippen molar-refractivity contribution >= 4 is 11.6 Å². The first-order chi connectivity index (χ1) is 5.86. The fourth-order valence-corrected chi connectivity index (χ4v) is 0.937. The van der Waals surface area contributed by atoms with Crippen LogP contribution in [0.2, 0.25) is 0 Å². The molecule has 0 saturated heterocycles. The van der Waals surface area contributed by atoms with E-state index >= 15 is 0 Å². The minimum absolute atomic E-state index is 0.607. The van der Waals surface area contributed by atoms with Crippen LogP contribution >= 0.6 is 11.6 Å². The van der Waals surface area contributed by atoms with Gasteiger partial charge in [-0.05, 0) is 0 Å². The normalized spacial score (nSPS) is 16.7. The van der Waals surface area contributed by atoms with E-state index in [9.17, 15) is 17.6 Å². The van der Waals surface area contributed by atoms with E-state index in [1.165, 1.54) is 18.2 Å². The van der Waals surface area contributed by atoms with Crippen LogP contribution in [0.15, 0.2) is 30.3 Å². The molecule has 13 heavy (non-hydrogen) atoms. The molecular weight excluding hydrogens is 208 g/mol. The number of benzene rings is 1. The molecule has 0 aliphatic rings. The molecule has 1 aromatic rings. The van der Waals surface area contributed by atoms with E-state index in [2.05, 4.69) is 0 Å². The van der Waals surface area contributed by atoms with E-state index < -0.39 is 16.9 Å². The van der Waals surface area contributed by atoms with Crippen molar-refractivity contribution in [1.82, 2.24) is 0 Å². The van der Waals surface area contributed by atoms with E-state index in [-0.39, 0.29) is 0 Å². The van der Waals surface area contributed by atoms with Gasteiger partial charge in [-0.2, -0.15) is 13.2 Å². The van der Waals surface area contributed by atoms with Crippen molar-refractivity contribution in [3.63, 3.8) is 0 Å². The highest BCUT2D eigenvalue weighted by molar-refractivity contribution is 6.23. The van der Waals surface area contributed by atoms with Gasteiger partial charge in [-0.15, -0.1) is 0 Å². The highest BCUT2D eigenvalue weighted by Crippen LogP contribution is 2.45. The molecule has 0 N–H and O–H groups in total. The topological polar surface area (TPSA) is 0 Å². The van der Waals surface area contributed by atoms with Gasteiger partial charge in [0.1, 0.15) is 0 Å². The minimum Gasteiger partial charge on any atom is -0.211 e. The van der Waals surface area contributed by atoms with Gasteiger partial charge in [0.2, 0.25) is 0 Å². The van der Waals surface area contributed by atoms with Crippen LogP contribution in [0.5, 0.6) is 0 Å². The Bertz CT molecular complexity index is 278. The maximum atomic E-state index is 13.0. The molecule has 5 heteroatoms. The molecule has 1 atom stereocenters. The Labute approximate surface area is 77.1 Å². The minimum atomic E-state index is -5.10. The summed E-state index contributed by atoms with van der Waals surface area (Å²) in [7, 11) is 0. The summed E-state index contributed by atoms with van der Waals surface area (Å²) < 4.78 is 49.0. The largest absolute Gasteiger partial charge is 0.441 e. The van der Waals surface area contributed by atoms with Crippen LogP contribution in [0.4, 0.5) is 17.6 Å². The Kier molecular flexibility index (Phi) is 2.52. The fourth-order valence-electron chi connectivity index (χ4n) is 0.811. The molecular formula is C8H5ClF4. The Morgan fingerprint density at radius 3 is 1.77 bits per heavy atom. The molecule has 0 fully saturated rings. The van der Waals surface area contributed by atoms with Gasteiger partial charge in [0.05, 0.1) is 0 Å². The van der Waals surface area contributed by atoms with Crippen LogP contribution in [-0.4, -0.2) is 6.18 Å². The molecule has 0 spiro atoms. The summed E-state index contributed by atoms with van der Waals surface area (Å²) in [5.74, 6) is 0. The monoisotopic (exact) mass is 212 g/mol. The second-order valence-corrected chi connectivity index (χ2v) is 2.96. The lowest BCUT2D eigenvalue weighted by Gasteiger charge is -2.21. The first-order valence-corrected chi connectivity index (χ1v) is 3.73. The van der Waals surface area contributed by atoms with Crippen LogP contribution in [0.3, 0.4) is 0 Å². The fraction of sp³-hybridized carbons (Fsp3) is 0.250. The zero-order chi connectivity index (χ0) is 10.1. The van der Waals surface area contributed by atoms with Crippen LogP contribution in [-0.2, 0) is 5.13 Å². The third-order valence-electron chi connectivity index (χ3n) is 1.49. The molecule has 0 saturated carbocycles. The number of hydrogen-bond donors (Lipinski definition) is 0. The van der Waals surface area contributed by atoms with Gasteiger partial charge >= 0.3 is 11.3 Å². The molecule has 0 aliphatic heterocycles. The molecule has 0 unspecified atom stereocenters. The van der Waals surface area contributed by atoms with Gasteiger partial charge in [-0.1, -0.05) is 41.9 Å². The molecule has 0 amide bonds. The molecule has 0 nitrogen and oxygen atoms in total. The highest BCUT2D eigenvalue weighted by Gasteiger charge is 2.56. The first kappa shape index (κ1) is 10.3. The molecule has 1 rings (SSSR count). The summed E-state index contributed by atoms with van der Waals surface area (Å²) in [6.45, 7) is 0. The summed E-state index contributed by atoms with van der Waals surface area (Å²) in [5.41, 5.74) is -0.607. The van der Waals surface area contributed by atoms with Crippen LogP contribution in [0.25, 0.3) is 0 Å². The molecule has 0 aromatic heterocycles. The van der Waals surface area contributed by atoms with Gasteiger partial charge < -0.3 is 0 Å². The number of hydrogen-bond acceptors (Lipinski definition) is 0. The number of rotatable bonds is 1. The maximum absolute atomic E-state index is 13.0. The maximum Gasteiger partial charge on any atom is 0.441 e. The van der Waals surface area contributed by atoms with Gasteiger partial charge in [0, 0.05) is 5.56 Å². The first-order valence-electron chi connectivity index (χ1n) is 3.36. The van der Waals surface area contributed by atoms with Crippen molar-refractivity contribution in [2.45, 2.75) is 11.3 Å². The Morgan fingerprint density at radius 1 is 0.923 bits per heavy atom. The van der Waals surface area contributed by atoms with Gasteiger partial charge in [0.25, 0.3) is 0 Å². The van der Waals surface area contributed by atoms with Crippen molar-refractivity contribution < 1.29 is 17.6 Å². The third kappa shape index (κ3) is 1.94. The average molecular weight is 213 g/mol. The van der Waals surface area contributed by atoms with Crippen molar-refractivity contribution in [2.75, 3.05) is 0 Å². The summed E-state index contributed by atoms with van der Waals surface area (Å²) in [6, 6.07) is 6.03. The highest BCUT2D eigenvalue weighted by atomic mass is 35.5. The Hall–Kier alpha value is -0.770. The molecule has 1 aromatic carbocycles. The van der Waals surface area contributed by atoms with E-state index in [1.807, 2.05) is 0 Å². The van der Waals surface area contributed by atoms with E-state index in [1.54, 1.807) is 0 Å². The van der Waals surface area contributed by atoms with E-state index in [0.29, 0.717) is 0 Å². The SMILES string of the molecule is FC(F)(F)[C@@](F)(Cl)c1ccccc1. The van der Waals surface area contributed by atoms with Crippen molar-refractivity contribution in [1.29, 1.82) is 0 Å². The smallest absolute Gasteiger partial charge is 0.211 e. The molecule has 0 heterocycles. The van der Waals surface area contributed by atoms with Crippen LogP contribution in [0, 0.1) is 0 Å². The van der Waals surface area contributed by atoms with E-state index in [0.717, 1.165) is 12.1 Å². The average Bonchev–Trinajstić information content (AvgIpc) is 2.04. The van der Waals surface area contributed by atoms with Crippen LogP contribution in [0.1, 0.15) is 5.56 Å². The lowest BCUT2D eigenvalue weighted by Crippen LogP contribution is -2.32. The van der Waals surface area contributed by atoms with Gasteiger partial charge in [0.15, 0.2) is 0 Å². The summed E-state index contributed by atoms with van der Waals surface area (Å²) in [4.78, 5) is 0. The zero-order valence-electron chi connectivity index (χ0n) is 6.28. The predicted molar refractivity (Wildman–Crippen MR) is 41.1 cm³/mol. The molecule has 0 radical (unpaired) electrons. The van der Waals surface area contributed by atoms with Crippen molar-refractivity contribution in [2.24, 2.45) is 0 Å². The summed E-state index contributed by atoms with van der Waals surface area (Å²) >= 11 is 4.75. The molecule has 72 valence electrons. The Balaban J connectivity index is 3.08. The van der Waals surface area contributed by atoms with E-state index in [4.69, 9.17) is 11.6 Å². The van der Waals surface area contributed by atoms with Crippen molar-refractivity contribution in [3.8, 4) is 0 Å². The lowest BCUT2D eigenvalue weighted by atomic mass is 10.1. The zero-order valence-corrected chi connectivity index (χ0v) is 7.03. The summed E-state index contributed by atoms with van der Waals surface area (Å²) in [6.07, 6.45) is -5.10. The lowest BCUT2D eigenvalue weighted by molar-refractivity contribution is -0.202. The Morgan fingerprint density at radius 2 is 1.38 bits per heavy atom. The second kappa shape index (κ2) is 3.18. The summed E-state index contributed by atoms with van der Waals surface area (Å²) in [5, 5.41) is -3.80. The van der Waals surface area contributed by atoms with Gasteiger partial charge in [-0.25, -0.2) is 4.39 Å². The third-order valence-corrected chi connectivity index (χ3v) is 1.92. The standard InChI is InChI=1S/C8H5ClF4/c9-7(10,8(11,12)13)6-4-2-1-3-5-6/h1-5H/t7-/m1/s1. The van der Waals surface area contributed by atoms with Gasteiger partial charge in [-0.3, -0.25) is 0 Å². The number of alkyl halides is 5. The van der Waals surface area contributed by atoms with Crippen molar-refractivity contribution in [3.05, 3.63) is 35.9 Å².